The SMILES string of the molecule is Cc1cscc1CNS(=O)(=O)c1ccc(CC(=O)O)s1. The predicted molar refractivity (Wildman–Crippen MR) is 78.7 cm³/mol. The standard InChI is InChI=1S/C12H13NO4S3/c1-8-6-18-7-9(8)5-13-20(16,17)12-3-2-10(19-12)4-11(14)15/h2-3,6-7,13H,4-5H2,1H3,(H,14,15). The summed E-state index contributed by atoms with van der Waals surface area (Å²) in [6.07, 6.45) is -0.163. The molecule has 20 heavy (non-hydrogen) atoms. The van der Waals surface area contributed by atoms with Crippen LogP contribution < -0.4 is 4.72 Å². The molecular formula is C12H13NO4S3. The van der Waals surface area contributed by atoms with E-state index in [1.807, 2.05) is 17.7 Å². The highest BCUT2D eigenvalue weighted by molar-refractivity contribution is 7.91. The number of thiophene rings is 2. The monoisotopic (exact) mass is 331 g/mol. The van der Waals surface area contributed by atoms with Gasteiger partial charge in [-0.15, -0.1) is 11.3 Å². The lowest BCUT2D eigenvalue weighted by molar-refractivity contribution is -0.136. The molecule has 2 aromatic heterocycles. The number of rotatable bonds is 6. The van der Waals surface area contributed by atoms with Gasteiger partial charge in [0, 0.05) is 11.4 Å². The highest BCUT2D eigenvalue weighted by Crippen LogP contribution is 2.22. The third-order valence-corrected chi connectivity index (χ3v) is 6.53. The Labute approximate surface area is 124 Å². The first-order valence-corrected chi connectivity index (χ1v) is 8.94. The molecule has 2 rings (SSSR count). The molecule has 0 radical (unpaired) electrons. The molecule has 108 valence electrons. The number of carbonyl (C=O) groups is 1. The van der Waals surface area contributed by atoms with Gasteiger partial charge in [-0.25, -0.2) is 13.1 Å². The molecule has 0 spiro atoms. The van der Waals surface area contributed by atoms with Crippen molar-refractivity contribution in [3.05, 3.63) is 38.9 Å². The molecule has 0 atom stereocenters. The first-order chi connectivity index (χ1) is 9.38. The summed E-state index contributed by atoms with van der Waals surface area (Å²) in [5, 5.41) is 12.5. The van der Waals surface area contributed by atoms with Crippen LogP contribution in [-0.4, -0.2) is 19.5 Å². The maximum Gasteiger partial charge on any atom is 0.308 e. The maximum atomic E-state index is 12.1. The van der Waals surface area contributed by atoms with E-state index in [2.05, 4.69) is 4.72 Å². The largest absolute Gasteiger partial charge is 0.481 e. The van der Waals surface area contributed by atoms with E-state index < -0.39 is 16.0 Å². The van der Waals surface area contributed by atoms with Crippen LogP contribution in [0.5, 0.6) is 0 Å². The van der Waals surface area contributed by atoms with Crippen LogP contribution >= 0.6 is 22.7 Å². The van der Waals surface area contributed by atoms with Crippen LogP contribution in [-0.2, 0) is 27.8 Å². The number of aryl methyl sites for hydroxylation is 1. The highest BCUT2D eigenvalue weighted by atomic mass is 32.2. The van der Waals surface area contributed by atoms with Crippen molar-refractivity contribution in [3.63, 3.8) is 0 Å². The number of carboxylic acid groups (broad SMARTS) is 1. The Morgan fingerprint density at radius 2 is 2.10 bits per heavy atom. The molecule has 0 unspecified atom stereocenters. The van der Waals surface area contributed by atoms with Gasteiger partial charge in [0.1, 0.15) is 4.21 Å². The minimum absolute atomic E-state index is 0.140. The molecule has 2 heterocycles. The first kappa shape index (κ1) is 15.2. The molecule has 0 aliphatic rings. The van der Waals surface area contributed by atoms with E-state index in [9.17, 15) is 13.2 Å². The van der Waals surface area contributed by atoms with Crippen LogP contribution in [0.4, 0.5) is 0 Å². The van der Waals surface area contributed by atoms with Crippen LogP contribution in [0.1, 0.15) is 16.0 Å². The molecule has 8 heteroatoms. The van der Waals surface area contributed by atoms with Crippen molar-refractivity contribution in [2.24, 2.45) is 0 Å². The van der Waals surface area contributed by atoms with E-state index in [1.54, 1.807) is 0 Å². The summed E-state index contributed by atoms with van der Waals surface area (Å²) in [4.78, 5) is 11.1. The summed E-state index contributed by atoms with van der Waals surface area (Å²) in [5.41, 5.74) is 2.00. The topological polar surface area (TPSA) is 83.5 Å². The van der Waals surface area contributed by atoms with Crippen LogP contribution in [0.2, 0.25) is 0 Å². The zero-order valence-electron chi connectivity index (χ0n) is 10.6. The van der Waals surface area contributed by atoms with Crippen LogP contribution in [0.25, 0.3) is 0 Å². The van der Waals surface area contributed by atoms with Crippen molar-refractivity contribution in [1.82, 2.24) is 4.72 Å². The quantitative estimate of drug-likeness (QED) is 0.850. The zero-order chi connectivity index (χ0) is 14.8. The van der Waals surface area contributed by atoms with E-state index >= 15 is 0 Å². The fourth-order valence-electron chi connectivity index (χ4n) is 1.56. The lowest BCUT2D eigenvalue weighted by Gasteiger charge is -2.04. The average molecular weight is 331 g/mol. The molecule has 0 fully saturated rings. The van der Waals surface area contributed by atoms with Crippen LogP contribution in [0, 0.1) is 6.92 Å². The summed E-state index contributed by atoms with van der Waals surface area (Å²) in [7, 11) is -3.59. The van der Waals surface area contributed by atoms with Crippen molar-refractivity contribution in [2.75, 3.05) is 0 Å². The van der Waals surface area contributed by atoms with Gasteiger partial charge >= 0.3 is 5.97 Å². The van der Waals surface area contributed by atoms with Gasteiger partial charge < -0.3 is 5.11 Å². The number of hydrogen-bond donors (Lipinski definition) is 2. The summed E-state index contributed by atoms with van der Waals surface area (Å²) in [6.45, 7) is 2.17. The van der Waals surface area contributed by atoms with Crippen molar-refractivity contribution in [2.45, 2.75) is 24.1 Å². The van der Waals surface area contributed by atoms with E-state index in [0.29, 0.717) is 4.88 Å². The molecule has 0 saturated heterocycles. The smallest absolute Gasteiger partial charge is 0.308 e. The lowest BCUT2D eigenvalue weighted by Crippen LogP contribution is -2.22. The summed E-state index contributed by atoms with van der Waals surface area (Å²) >= 11 is 2.51. The van der Waals surface area contributed by atoms with Crippen molar-refractivity contribution in [3.8, 4) is 0 Å². The van der Waals surface area contributed by atoms with Crippen molar-refractivity contribution < 1.29 is 18.3 Å². The molecular weight excluding hydrogens is 318 g/mol. The van der Waals surface area contributed by atoms with Crippen molar-refractivity contribution >= 4 is 38.7 Å². The molecule has 0 bridgehead atoms. The van der Waals surface area contributed by atoms with E-state index in [1.165, 1.54) is 23.5 Å². The van der Waals surface area contributed by atoms with Gasteiger partial charge in [-0.05, 0) is 40.9 Å². The predicted octanol–water partition coefficient (Wildman–Crippen LogP) is 2.22. The molecule has 0 aliphatic carbocycles. The molecule has 0 aliphatic heterocycles. The van der Waals surface area contributed by atoms with E-state index in [4.69, 9.17) is 5.11 Å². The second-order valence-electron chi connectivity index (χ2n) is 4.20. The molecule has 0 saturated carbocycles. The van der Waals surface area contributed by atoms with Gasteiger partial charge in [0.2, 0.25) is 10.0 Å². The van der Waals surface area contributed by atoms with Gasteiger partial charge in [-0.1, -0.05) is 0 Å². The number of sulfonamides is 1. The van der Waals surface area contributed by atoms with Gasteiger partial charge in [-0.2, -0.15) is 11.3 Å². The molecule has 5 nitrogen and oxygen atoms in total. The van der Waals surface area contributed by atoms with E-state index in [0.717, 1.165) is 22.5 Å². The van der Waals surface area contributed by atoms with Gasteiger partial charge in [-0.3, -0.25) is 4.79 Å². The zero-order valence-corrected chi connectivity index (χ0v) is 13.1. The van der Waals surface area contributed by atoms with E-state index in [-0.39, 0.29) is 17.2 Å². The second-order valence-corrected chi connectivity index (χ2v) is 8.10. The van der Waals surface area contributed by atoms with Crippen LogP contribution in [0.15, 0.2) is 27.1 Å². The van der Waals surface area contributed by atoms with Crippen LogP contribution in [0.3, 0.4) is 0 Å². The second kappa shape index (κ2) is 6.04. The Kier molecular flexibility index (Phi) is 4.59. The number of aliphatic carboxylic acids is 1. The van der Waals surface area contributed by atoms with Gasteiger partial charge in [0.25, 0.3) is 0 Å². The Morgan fingerprint density at radius 1 is 1.35 bits per heavy atom. The Hall–Kier alpha value is -1.22. The fraction of sp³-hybridized carbons (Fsp3) is 0.250. The third kappa shape index (κ3) is 3.66. The fourth-order valence-corrected chi connectivity index (χ4v) is 4.81. The Bertz CT molecular complexity index is 715. The number of carboxylic acids is 1. The summed E-state index contributed by atoms with van der Waals surface area (Å²) in [5.74, 6) is -0.974. The highest BCUT2D eigenvalue weighted by Gasteiger charge is 2.17. The molecule has 2 N–H and O–H groups in total. The molecule has 0 aromatic carbocycles. The Morgan fingerprint density at radius 3 is 2.70 bits per heavy atom. The van der Waals surface area contributed by atoms with Crippen molar-refractivity contribution in [1.29, 1.82) is 0 Å². The normalized spacial score (nSPS) is 11.7. The van der Waals surface area contributed by atoms with Gasteiger partial charge in [0.05, 0.1) is 6.42 Å². The van der Waals surface area contributed by atoms with Gasteiger partial charge in [0.15, 0.2) is 0 Å². The summed E-state index contributed by atoms with van der Waals surface area (Å²) in [6, 6.07) is 2.97. The lowest BCUT2D eigenvalue weighted by atomic mass is 10.2. The summed E-state index contributed by atoms with van der Waals surface area (Å²) < 4.78 is 26.9. The average Bonchev–Trinajstić information content (AvgIpc) is 2.95. The minimum Gasteiger partial charge on any atom is -0.481 e. The number of hydrogen-bond acceptors (Lipinski definition) is 5. The number of nitrogens with one attached hydrogen (secondary N) is 1. The maximum absolute atomic E-state index is 12.1. The third-order valence-electron chi connectivity index (χ3n) is 2.64. The first-order valence-electron chi connectivity index (χ1n) is 5.70. The molecule has 2 aromatic rings. The minimum atomic E-state index is -3.59. The Balaban J connectivity index is 2.08. The molecule has 0 amide bonds.